The van der Waals surface area contributed by atoms with E-state index in [4.69, 9.17) is 9.47 Å². The van der Waals surface area contributed by atoms with Crippen LogP contribution in [-0.4, -0.2) is 51.5 Å². The molecule has 13 heavy (non-hydrogen) atoms. The molecule has 78 valence electrons. The molecule has 0 saturated heterocycles. The summed E-state index contributed by atoms with van der Waals surface area (Å²) in [5, 5.41) is 0. The highest BCUT2D eigenvalue weighted by atomic mass is 32.2. The Kier molecular flexibility index (Phi) is 9.63. The summed E-state index contributed by atoms with van der Waals surface area (Å²) in [4.78, 5) is 10.6. The highest BCUT2D eigenvalue weighted by Gasteiger charge is 1.98. The highest BCUT2D eigenvalue weighted by Crippen LogP contribution is 1.90. The fraction of sp³-hybridized carbons (Fsp3) is 0.875. The largest absolute Gasteiger partial charge is 0.467 e. The van der Waals surface area contributed by atoms with Gasteiger partial charge in [-0.15, -0.1) is 0 Å². The van der Waals surface area contributed by atoms with Crippen molar-refractivity contribution in [2.75, 3.05) is 45.5 Å². The van der Waals surface area contributed by atoms with Gasteiger partial charge >= 0.3 is 5.97 Å². The van der Waals surface area contributed by atoms with Crippen LogP contribution in [0.1, 0.15) is 0 Å². The SMILES string of the molecule is COC(=O)COCCOCCSC. The number of carbonyl (C=O) groups excluding carboxylic acids is 1. The fourth-order valence-corrected chi connectivity index (χ4v) is 0.861. The minimum Gasteiger partial charge on any atom is -0.467 e. The lowest BCUT2D eigenvalue weighted by Gasteiger charge is -2.03. The molecule has 0 saturated carbocycles. The Bertz CT molecular complexity index is 129. The lowest BCUT2D eigenvalue weighted by atomic mass is 10.7. The van der Waals surface area contributed by atoms with Crippen LogP contribution in [0.4, 0.5) is 0 Å². The van der Waals surface area contributed by atoms with Crippen molar-refractivity contribution >= 4 is 17.7 Å². The Morgan fingerprint density at radius 2 is 1.92 bits per heavy atom. The van der Waals surface area contributed by atoms with Gasteiger partial charge in [-0.1, -0.05) is 0 Å². The molecule has 5 heteroatoms. The van der Waals surface area contributed by atoms with E-state index in [2.05, 4.69) is 4.74 Å². The average Bonchev–Trinajstić information content (AvgIpc) is 2.16. The quantitative estimate of drug-likeness (QED) is 0.430. The monoisotopic (exact) mass is 208 g/mol. The first-order valence-electron chi connectivity index (χ1n) is 4.02. The van der Waals surface area contributed by atoms with E-state index < -0.39 is 0 Å². The van der Waals surface area contributed by atoms with Gasteiger partial charge in [-0.25, -0.2) is 4.79 Å². The predicted molar refractivity (Wildman–Crippen MR) is 52.0 cm³/mol. The summed E-state index contributed by atoms with van der Waals surface area (Å²) < 4.78 is 14.5. The molecule has 0 aliphatic rings. The van der Waals surface area contributed by atoms with Gasteiger partial charge in [-0.05, 0) is 6.26 Å². The number of carbonyl (C=O) groups is 1. The van der Waals surface area contributed by atoms with Crippen LogP contribution in [0.25, 0.3) is 0 Å². The maximum absolute atomic E-state index is 10.6. The molecule has 0 aromatic carbocycles. The molecule has 0 heterocycles. The summed E-state index contributed by atoms with van der Waals surface area (Å²) in [6, 6.07) is 0. The molecule has 0 aliphatic carbocycles. The van der Waals surface area contributed by atoms with Crippen LogP contribution in [0.2, 0.25) is 0 Å². The average molecular weight is 208 g/mol. The lowest BCUT2D eigenvalue weighted by molar-refractivity contribution is -0.146. The third-order valence-electron chi connectivity index (χ3n) is 1.25. The molecule has 0 aromatic rings. The first-order valence-corrected chi connectivity index (χ1v) is 5.42. The first-order chi connectivity index (χ1) is 6.31. The normalized spacial score (nSPS) is 10.0. The maximum Gasteiger partial charge on any atom is 0.331 e. The van der Waals surface area contributed by atoms with Gasteiger partial charge in [0.25, 0.3) is 0 Å². The van der Waals surface area contributed by atoms with Gasteiger partial charge in [-0.2, -0.15) is 11.8 Å². The summed E-state index contributed by atoms with van der Waals surface area (Å²) in [5.41, 5.74) is 0. The standard InChI is InChI=1S/C8H16O4S/c1-10-8(9)7-12-4-3-11-5-6-13-2/h3-7H2,1-2H3. The number of rotatable bonds is 8. The van der Waals surface area contributed by atoms with Gasteiger partial charge in [0.1, 0.15) is 6.61 Å². The van der Waals surface area contributed by atoms with E-state index in [1.807, 2.05) is 6.26 Å². The van der Waals surface area contributed by atoms with Crippen molar-refractivity contribution in [3.8, 4) is 0 Å². The molecule has 0 atom stereocenters. The molecule has 0 N–H and O–H groups in total. The molecule has 0 aromatic heterocycles. The van der Waals surface area contributed by atoms with Crippen LogP contribution in [0.3, 0.4) is 0 Å². The van der Waals surface area contributed by atoms with Crippen molar-refractivity contribution in [3.63, 3.8) is 0 Å². The Hall–Kier alpha value is -0.260. The number of hydrogen-bond donors (Lipinski definition) is 0. The van der Waals surface area contributed by atoms with Gasteiger partial charge in [0.2, 0.25) is 0 Å². The van der Waals surface area contributed by atoms with E-state index >= 15 is 0 Å². The Morgan fingerprint density at radius 1 is 1.23 bits per heavy atom. The topological polar surface area (TPSA) is 44.8 Å². The summed E-state index contributed by atoms with van der Waals surface area (Å²) in [5.74, 6) is 0.626. The van der Waals surface area contributed by atoms with Gasteiger partial charge < -0.3 is 14.2 Å². The smallest absolute Gasteiger partial charge is 0.331 e. The molecule has 0 fully saturated rings. The van der Waals surface area contributed by atoms with Crippen molar-refractivity contribution < 1.29 is 19.0 Å². The van der Waals surface area contributed by atoms with Crippen molar-refractivity contribution in [3.05, 3.63) is 0 Å². The second-order valence-corrected chi connectivity index (χ2v) is 3.22. The molecule has 0 radical (unpaired) electrons. The predicted octanol–water partition coefficient (Wildman–Crippen LogP) is 0.556. The third kappa shape index (κ3) is 9.66. The molecular weight excluding hydrogens is 192 g/mol. The minimum absolute atomic E-state index is 0.00237. The number of ether oxygens (including phenoxy) is 3. The van der Waals surface area contributed by atoms with E-state index in [1.54, 1.807) is 11.8 Å². The van der Waals surface area contributed by atoms with E-state index in [-0.39, 0.29) is 12.6 Å². The Balaban J connectivity index is 2.95. The number of hydrogen-bond acceptors (Lipinski definition) is 5. The summed E-state index contributed by atoms with van der Waals surface area (Å²) in [7, 11) is 1.33. The molecule has 0 rings (SSSR count). The molecule has 0 unspecified atom stereocenters. The van der Waals surface area contributed by atoms with Crippen LogP contribution in [-0.2, 0) is 19.0 Å². The lowest BCUT2D eigenvalue weighted by Crippen LogP contribution is -2.13. The zero-order valence-corrected chi connectivity index (χ0v) is 8.89. The second-order valence-electron chi connectivity index (χ2n) is 2.23. The molecule has 0 spiro atoms. The summed E-state index contributed by atoms with van der Waals surface area (Å²) in [6.45, 7) is 1.69. The molecule has 0 amide bonds. The van der Waals surface area contributed by atoms with Crippen molar-refractivity contribution in [1.82, 2.24) is 0 Å². The van der Waals surface area contributed by atoms with Crippen LogP contribution in [0.5, 0.6) is 0 Å². The molecular formula is C8H16O4S. The van der Waals surface area contributed by atoms with Crippen LogP contribution < -0.4 is 0 Å². The molecule has 0 bridgehead atoms. The third-order valence-corrected chi connectivity index (χ3v) is 1.83. The number of methoxy groups -OCH3 is 1. The highest BCUT2D eigenvalue weighted by molar-refractivity contribution is 7.98. The minimum atomic E-state index is -0.357. The molecule has 0 aliphatic heterocycles. The van der Waals surface area contributed by atoms with Crippen LogP contribution in [0, 0.1) is 0 Å². The van der Waals surface area contributed by atoms with Crippen molar-refractivity contribution in [1.29, 1.82) is 0 Å². The maximum atomic E-state index is 10.6. The van der Waals surface area contributed by atoms with E-state index in [0.717, 1.165) is 12.4 Å². The number of thioether (sulfide) groups is 1. The van der Waals surface area contributed by atoms with E-state index in [9.17, 15) is 4.79 Å². The summed E-state index contributed by atoms with van der Waals surface area (Å²) >= 11 is 1.73. The van der Waals surface area contributed by atoms with Crippen LogP contribution in [0.15, 0.2) is 0 Å². The first kappa shape index (κ1) is 12.7. The van der Waals surface area contributed by atoms with E-state index in [0.29, 0.717) is 13.2 Å². The summed E-state index contributed by atoms with van der Waals surface area (Å²) in [6.07, 6.45) is 2.02. The van der Waals surface area contributed by atoms with Gasteiger partial charge in [-0.3, -0.25) is 0 Å². The number of esters is 1. The van der Waals surface area contributed by atoms with E-state index in [1.165, 1.54) is 7.11 Å². The van der Waals surface area contributed by atoms with Gasteiger partial charge in [0.15, 0.2) is 0 Å². The van der Waals surface area contributed by atoms with Crippen LogP contribution >= 0.6 is 11.8 Å². The van der Waals surface area contributed by atoms with Gasteiger partial charge in [0, 0.05) is 5.75 Å². The second kappa shape index (κ2) is 9.83. The fourth-order valence-electron chi connectivity index (χ4n) is 0.577. The zero-order valence-electron chi connectivity index (χ0n) is 8.08. The van der Waals surface area contributed by atoms with Crippen molar-refractivity contribution in [2.24, 2.45) is 0 Å². The zero-order chi connectivity index (χ0) is 9.94. The Morgan fingerprint density at radius 3 is 2.54 bits per heavy atom. The van der Waals surface area contributed by atoms with Gasteiger partial charge in [0.05, 0.1) is 26.9 Å². The van der Waals surface area contributed by atoms with Crippen molar-refractivity contribution in [2.45, 2.75) is 0 Å². The molecule has 4 nitrogen and oxygen atoms in total. The Labute approximate surface area is 82.9 Å².